The number of anilines is 2. The van der Waals surface area contributed by atoms with Crippen molar-refractivity contribution in [2.24, 2.45) is 0 Å². The molecular weight excluding hydrogens is 466 g/mol. The van der Waals surface area contributed by atoms with Crippen LogP contribution in [0.3, 0.4) is 0 Å². The van der Waals surface area contributed by atoms with E-state index < -0.39 is 10.0 Å². The Bertz CT molecular complexity index is 1260. The predicted molar refractivity (Wildman–Crippen MR) is 136 cm³/mol. The van der Waals surface area contributed by atoms with E-state index in [9.17, 15) is 13.2 Å². The average Bonchev–Trinajstić information content (AvgIpc) is 3.41. The second-order valence-electron chi connectivity index (χ2n) is 8.05. The molecular formula is C26H29N3O5S. The Kier molecular flexibility index (Phi) is 7.89. The van der Waals surface area contributed by atoms with E-state index in [1.807, 2.05) is 43.3 Å². The maximum Gasteiger partial charge on any atom is 0.246 e. The molecule has 2 N–H and O–H groups in total. The number of ether oxygens (including phenoxy) is 2. The number of hydrogen-bond donors (Lipinski definition) is 2. The lowest BCUT2D eigenvalue weighted by Crippen LogP contribution is -2.28. The fraction of sp³-hybridized carbons (Fsp3) is 0.269. The average molecular weight is 496 g/mol. The smallest absolute Gasteiger partial charge is 0.246 e. The second kappa shape index (κ2) is 11.2. The van der Waals surface area contributed by atoms with Crippen LogP contribution in [0.15, 0.2) is 77.7 Å². The van der Waals surface area contributed by atoms with Crippen LogP contribution in [0.1, 0.15) is 19.8 Å². The van der Waals surface area contributed by atoms with Crippen molar-refractivity contribution < 1.29 is 22.7 Å². The van der Waals surface area contributed by atoms with E-state index in [1.165, 1.54) is 10.4 Å². The van der Waals surface area contributed by atoms with Gasteiger partial charge in [-0.15, -0.1) is 0 Å². The highest BCUT2D eigenvalue weighted by atomic mass is 32.2. The van der Waals surface area contributed by atoms with Gasteiger partial charge in [0.05, 0.1) is 13.2 Å². The summed E-state index contributed by atoms with van der Waals surface area (Å²) >= 11 is 0. The van der Waals surface area contributed by atoms with Crippen molar-refractivity contribution >= 4 is 27.3 Å². The van der Waals surface area contributed by atoms with E-state index in [2.05, 4.69) is 10.6 Å². The van der Waals surface area contributed by atoms with Gasteiger partial charge in [-0.25, -0.2) is 8.42 Å². The molecule has 4 rings (SSSR count). The molecule has 3 aromatic carbocycles. The number of para-hydroxylation sites is 1. The van der Waals surface area contributed by atoms with E-state index in [0.717, 1.165) is 12.8 Å². The van der Waals surface area contributed by atoms with Crippen LogP contribution in [-0.4, -0.2) is 44.9 Å². The molecule has 9 heteroatoms. The second-order valence-corrected chi connectivity index (χ2v) is 9.96. The first-order chi connectivity index (χ1) is 17.0. The van der Waals surface area contributed by atoms with Crippen molar-refractivity contribution in [1.29, 1.82) is 0 Å². The van der Waals surface area contributed by atoms with Crippen LogP contribution in [0.5, 0.6) is 17.2 Å². The summed E-state index contributed by atoms with van der Waals surface area (Å²) in [6.45, 7) is 3.12. The van der Waals surface area contributed by atoms with Gasteiger partial charge < -0.3 is 20.1 Å². The van der Waals surface area contributed by atoms with Crippen LogP contribution in [0.2, 0.25) is 0 Å². The van der Waals surface area contributed by atoms with Crippen molar-refractivity contribution in [2.75, 3.05) is 36.9 Å². The number of sulfonamides is 1. The molecule has 1 amide bonds. The minimum absolute atomic E-state index is 0.0407. The Morgan fingerprint density at radius 3 is 2.40 bits per heavy atom. The maximum absolute atomic E-state index is 13.2. The van der Waals surface area contributed by atoms with Crippen molar-refractivity contribution in [3.05, 3.63) is 72.8 Å². The van der Waals surface area contributed by atoms with Crippen molar-refractivity contribution in [3.63, 3.8) is 0 Å². The van der Waals surface area contributed by atoms with Crippen LogP contribution in [0, 0.1) is 0 Å². The molecule has 0 atom stereocenters. The molecule has 0 unspecified atom stereocenters. The fourth-order valence-electron chi connectivity index (χ4n) is 3.81. The molecule has 1 saturated heterocycles. The van der Waals surface area contributed by atoms with Gasteiger partial charge in [-0.05, 0) is 62.2 Å². The van der Waals surface area contributed by atoms with Gasteiger partial charge in [0.15, 0.2) is 0 Å². The van der Waals surface area contributed by atoms with Gasteiger partial charge in [-0.3, -0.25) is 4.79 Å². The first kappa shape index (κ1) is 24.6. The van der Waals surface area contributed by atoms with Gasteiger partial charge in [0, 0.05) is 30.5 Å². The lowest BCUT2D eigenvalue weighted by atomic mass is 10.3. The number of amides is 1. The van der Waals surface area contributed by atoms with Gasteiger partial charge >= 0.3 is 0 Å². The lowest BCUT2D eigenvalue weighted by molar-refractivity contribution is -0.114. The molecule has 1 aliphatic rings. The zero-order chi connectivity index (χ0) is 24.7. The minimum Gasteiger partial charge on any atom is -0.492 e. The van der Waals surface area contributed by atoms with Crippen LogP contribution < -0.4 is 20.1 Å². The Morgan fingerprint density at radius 1 is 0.914 bits per heavy atom. The molecule has 0 aromatic heterocycles. The number of benzene rings is 3. The maximum atomic E-state index is 13.2. The van der Waals surface area contributed by atoms with Gasteiger partial charge in [0.25, 0.3) is 0 Å². The summed E-state index contributed by atoms with van der Waals surface area (Å²) in [6, 6.07) is 21.3. The number of hydrogen-bond acceptors (Lipinski definition) is 6. The summed E-state index contributed by atoms with van der Waals surface area (Å²) < 4.78 is 39.2. The molecule has 3 aromatic rings. The van der Waals surface area contributed by atoms with Crippen molar-refractivity contribution in [3.8, 4) is 17.2 Å². The monoisotopic (exact) mass is 495 g/mol. The molecule has 0 aliphatic carbocycles. The third-order valence-corrected chi connectivity index (χ3v) is 7.40. The van der Waals surface area contributed by atoms with E-state index in [1.54, 1.807) is 30.3 Å². The number of nitrogens with zero attached hydrogens (tertiary/aromatic N) is 1. The van der Waals surface area contributed by atoms with Crippen LogP contribution in [-0.2, 0) is 14.8 Å². The van der Waals surface area contributed by atoms with Gasteiger partial charge in [0.2, 0.25) is 15.9 Å². The Morgan fingerprint density at radius 2 is 1.66 bits per heavy atom. The van der Waals surface area contributed by atoms with E-state index in [-0.39, 0.29) is 17.3 Å². The molecule has 1 fully saturated rings. The predicted octanol–water partition coefficient (Wildman–Crippen LogP) is 4.71. The van der Waals surface area contributed by atoms with Crippen LogP contribution >= 0.6 is 0 Å². The summed E-state index contributed by atoms with van der Waals surface area (Å²) in [5.74, 6) is 1.34. The van der Waals surface area contributed by atoms with Crippen molar-refractivity contribution in [1.82, 2.24) is 4.31 Å². The third kappa shape index (κ3) is 6.32. The first-order valence-electron chi connectivity index (χ1n) is 11.6. The van der Waals surface area contributed by atoms with Gasteiger partial charge in [-0.1, -0.05) is 24.3 Å². The molecule has 8 nitrogen and oxygen atoms in total. The zero-order valence-corrected chi connectivity index (χ0v) is 20.4. The number of carbonyl (C=O) groups is 1. The summed E-state index contributed by atoms with van der Waals surface area (Å²) in [6.07, 6.45) is 1.69. The van der Waals surface area contributed by atoms with Crippen LogP contribution in [0.25, 0.3) is 0 Å². The van der Waals surface area contributed by atoms with Crippen LogP contribution in [0.4, 0.5) is 11.4 Å². The number of carbonyl (C=O) groups excluding carboxylic acids is 1. The van der Waals surface area contributed by atoms with E-state index in [4.69, 9.17) is 9.47 Å². The standard InChI is InChI=1S/C26H29N3O5S/c1-2-33-24-14-13-20(18-25(24)35(31,32)29-15-6-7-16-29)27-19-26(30)28-21-9-8-12-23(17-21)34-22-10-4-3-5-11-22/h3-5,8-14,17-18,27H,2,6-7,15-16,19H2,1H3,(H,28,30). The topological polar surface area (TPSA) is 97.0 Å². The quantitative estimate of drug-likeness (QED) is 0.423. The van der Waals surface area contributed by atoms with E-state index in [0.29, 0.717) is 48.3 Å². The molecule has 0 bridgehead atoms. The molecule has 0 radical (unpaired) electrons. The molecule has 0 saturated carbocycles. The zero-order valence-electron chi connectivity index (χ0n) is 19.6. The first-order valence-corrected chi connectivity index (χ1v) is 13.0. The van der Waals surface area contributed by atoms with Crippen molar-refractivity contribution in [2.45, 2.75) is 24.7 Å². The summed E-state index contributed by atoms with van der Waals surface area (Å²) in [4.78, 5) is 12.7. The molecule has 184 valence electrons. The molecule has 1 heterocycles. The number of rotatable bonds is 10. The molecule has 35 heavy (non-hydrogen) atoms. The van der Waals surface area contributed by atoms with Gasteiger partial charge in [-0.2, -0.15) is 4.31 Å². The highest BCUT2D eigenvalue weighted by Crippen LogP contribution is 2.31. The largest absolute Gasteiger partial charge is 0.492 e. The molecule has 1 aliphatic heterocycles. The van der Waals surface area contributed by atoms with E-state index >= 15 is 0 Å². The molecule has 0 spiro atoms. The Labute approximate surface area is 205 Å². The minimum atomic E-state index is -3.68. The fourth-order valence-corrected chi connectivity index (χ4v) is 5.49. The Hall–Kier alpha value is -3.56. The third-order valence-electron chi connectivity index (χ3n) is 5.48. The summed E-state index contributed by atoms with van der Waals surface area (Å²) in [5, 5.41) is 5.84. The summed E-state index contributed by atoms with van der Waals surface area (Å²) in [5.41, 5.74) is 1.11. The normalized spacial score (nSPS) is 13.9. The SMILES string of the molecule is CCOc1ccc(NCC(=O)Nc2cccc(Oc3ccccc3)c2)cc1S(=O)(=O)N1CCCC1. The Balaban J connectivity index is 1.41. The number of nitrogens with one attached hydrogen (secondary N) is 2. The highest BCUT2D eigenvalue weighted by Gasteiger charge is 2.30. The summed E-state index contributed by atoms with van der Waals surface area (Å²) in [7, 11) is -3.68. The van der Waals surface area contributed by atoms with Gasteiger partial charge in [0.1, 0.15) is 22.1 Å². The lowest BCUT2D eigenvalue weighted by Gasteiger charge is -2.19. The highest BCUT2D eigenvalue weighted by molar-refractivity contribution is 7.89.